The molecule has 0 spiro atoms. The molecule has 10 aliphatic heterocycles. The zero-order valence-corrected chi connectivity index (χ0v) is 49.2. The molecule has 0 aromatic rings. The number of nitrogens with one attached hydrogen (secondary N) is 8. The molecule has 454 valence electrons. The van der Waals surface area contributed by atoms with Crippen molar-refractivity contribution in [1.82, 2.24) is 62.1 Å². The number of rotatable bonds is 6. The van der Waals surface area contributed by atoms with E-state index >= 15 is 27.2 Å². The summed E-state index contributed by atoms with van der Waals surface area (Å²) in [5, 5.41) is 29.5. The van der Waals surface area contributed by atoms with Gasteiger partial charge in [0.25, 0.3) is 0 Å². The highest BCUT2D eigenvalue weighted by Gasteiger charge is 2.61. The van der Waals surface area contributed by atoms with Gasteiger partial charge in [-0.25, -0.2) is 27.2 Å². The van der Waals surface area contributed by atoms with Crippen LogP contribution in [0.25, 0.3) is 0 Å². The summed E-state index contributed by atoms with van der Waals surface area (Å²) in [6, 6.07) is -1.79. The molecule has 2 saturated carbocycles. The fourth-order valence-corrected chi connectivity index (χ4v) is 19.2. The summed E-state index contributed by atoms with van der Waals surface area (Å²) in [6.07, 6.45) is 0.827. The van der Waals surface area contributed by atoms with E-state index in [0.717, 1.165) is 71.2 Å². The Morgan fingerprint density at radius 1 is 0.550 bits per heavy atom. The average molecular weight is 1130 g/mol. The molecule has 12 aliphatic rings. The van der Waals surface area contributed by atoms with Crippen molar-refractivity contribution in [1.29, 1.82) is 0 Å². The molecule has 16 nitrogen and oxygen atoms in total. The first kappa shape index (κ1) is 58.3. The first-order valence-corrected chi connectivity index (χ1v) is 32.5. The van der Waals surface area contributed by atoms with Gasteiger partial charge in [-0.3, -0.25) is 20.4 Å². The van der Waals surface area contributed by atoms with Gasteiger partial charge in [0.2, 0.25) is 0 Å². The number of fused-ring (bicyclic) bond motifs is 10. The summed E-state index contributed by atoms with van der Waals surface area (Å²) >= 11 is 0. The number of hydrogen-bond acceptors (Lipinski definition) is 12. The SMILES string of the molecule is CC(C)C1NCCC2CCCOC3CC(CC(C)C4NCCC5CCCOC6CCCC(F)C6C6NC7C(CC6F)C(N6C[C@@H](C)NC[C@@H]6C)NC(=O)N7C54)CC(F)C3C3NC4C(CC3F)C(N3C[C@@H](C)NC[C@@H]3C)NC(=O)N4C21. The van der Waals surface area contributed by atoms with E-state index in [4.69, 9.17) is 9.47 Å². The predicted octanol–water partition coefficient (Wildman–Crippen LogP) is 5.57. The number of amides is 4. The maximum Gasteiger partial charge on any atom is 0.320 e. The number of halogens is 4. The second-order valence-electron chi connectivity index (χ2n) is 28.5. The lowest BCUT2D eigenvalue weighted by Gasteiger charge is -2.60. The number of alkyl halides is 4. The van der Waals surface area contributed by atoms with Crippen LogP contribution < -0.4 is 42.5 Å². The van der Waals surface area contributed by atoms with E-state index in [1.807, 2.05) is 0 Å². The van der Waals surface area contributed by atoms with Crippen LogP contribution in [0, 0.1) is 53.3 Å². The normalized spacial score (nSPS) is 50.3. The van der Waals surface area contributed by atoms with Gasteiger partial charge in [-0.15, -0.1) is 0 Å². The topological polar surface area (TPSA) is 162 Å². The number of hydrogen-bond donors (Lipinski definition) is 8. The van der Waals surface area contributed by atoms with Crippen LogP contribution in [0.5, 0.6) is 0 Å². The Bertz CT molecular complexity index is 2130. The molecular formula is C60H102F4N12O4. The van der Waals surface area contributed by atoms with Crippen LogP contribution in [0.3, 0.4) is 0 Å². The Morgan fingerprint density at radius 2 is 1.06 bits per heavy atom. The molecule has 80 heavy (non-hydrogen) atoms. The number of ether oxygens (including phenoxy) is 2. The third kappa shape index (κ3) is 11.1. The number of nitrogens with zero attached hydrogens (tertiary/aromatic N) is 4. The van der Waals surface area contributed by atoms with Gasteiger partial charge in [-0.1, -0.05) is 20.8 Å². The van der Waals surface area contributed by atoms with Gasteiger partial charge in [0.05, 0.1) is 49.0 Å². The molecule has 28 atom stereocenters. The van der Waals surface area contributed by atoms with Crippen LogP contribution in [0.1, 0.15) is 138 Å². The number of piperidine rings is 4. The highest BCUT2D eigenvalue weighted by Crippen LogP contribution is 2.48. The lowest BCUT2D eigenvalue weighted by atomic mass is 9.67. The molecular weight excluding hydrogens is 1030 g/mol. The van der Waals surface area contributed by atoms with Gasteiger partial charge in [0, 0.05) is 111 Å². The maximum absolute atomic E-state index is 18.0. The summed E-state index contributed by atoms with van der Waals surface area (Å²) in [4.78, 5) is 39.2. The van der Waals surface area contributed by atoms with Crippen molar-refractivity contribution in [2.45, 2.75) is 260 Å². The molecule has 4 amide bonds. The third-order valence-electron chi connectivity index (χ3n) is 23.0. The van der Waals surface area contributed by atoms with Crippen LogP contribution in [0.4, 0.5) is 27.2 Å². The highest BCUT2D eigenvalue weighted by atomic mass is 19.1. The second kappa shape index (κ2) is 24.3. The van der Waals surface area contributed by atoms with Crippen LogP contribution in [-0.2, 0) is 9.47 Å². The van der Waals surface area contributed by atoms with Gasteiger partial charge in [-0.05, 0) is 160 Å². The minimum absolute atomic E-state index is 0.00852. The van der Waals surface area contributed by atoms with Crippen LogP contribution in [-0.4, -0.2) is 206 Å². The fourth-order valence-electron chi connectivity index (χ4n) is 19.2. The Hall–Kier alpha value is -2.14. The monoisotopic (exact) mass is 1130 g/mol. The predicted molar refractivity (Wildman–Crippen MR) is 300 cm³/mol. The fraction of sp³-hybridized carbons (Fsp3) is 0.967. The zero-order valence-electron chi connectivity index (χ0n) is 49.2. The van der Waals surface area contributed by atoms with E-state index in [-0.39, 0.29) is 133 Å². The van der Waals surface area contributed by atoms with Gasteiger partial charge < -0.3 is 51.2 Å². The first-order chi connectivity index (χ1) is 38.5. The molecule has 12 rings (SSSR count). The minimum atomic E-state index is -1.35. The van der Waals surface area contributed by atoms with E-state index in [1.165, 1.54) is 0 Å². The van der Waals surface area contributed by atoms with Crippen molar-refractivity contribution < 1.29 is 36.6 Å². The van der Waals surface area contributed by atoms with Crippen molar-refractivity contribution in [3.8, 4) is 0 Å². The van der Waals surface area contributed by atoms with E-state index in [0.29, 0.717) is 51.9 Å². The Balaban J connectivity index is 0.827. The highest BCUT2D eigenvalue weighted by molar-refractivity contribution is 5.77. The average Bonchev–Trinajstić information content (AvgIpc) is 3.45. The molecule has 12 fully saturated rings. The van der Waals surface area contributed by atoms with E-state index < -0.39 is 73.2 Å². The molecule has 0 aromatic carbocycles. The van der Waals surface area contributed by atoms with Gasteiger partial charge >= 0.3 is 12.1 Å². The molecule has 10 saturated heterocycles. The lowest BCUT2D eigenvalue weighted by Crippen LogP contribution is -2.80. The summed E-state index contributed by atoms with van der Waals surface area (Å²) in [7, 11) is 0. The van der Waals surface area contributed by atoms with Gasteiger partial charge in [0.15, 0.2) is 0 Å². The first-order valence-electron chi connectivity index (χ1n) is 32.5. The minimum Gasteiger partial charge on any atom is -0.378 e. The van der Waals surface area contributed by atoms with Crippen molar-refractivity contribution in [3.63, 3.8) is 0 Å². The molecule has 8 N–H and O–H groups in total. The molecule has 4 bridgehead atoms. The number of carbonyl (C=O) groups excluding carboxylic acids is 2. The summed E-state index contributed by atoms with van der Waals surface area (Å²) < 4.78 is 82.8. The molecule has 10 heterocycles. The van der Waals surface area contributed by atoms with E-state index in [9.17, 15) is 0 Å². The molecule has 24 unspecified atom stereocenters. The van der Waals surface area contributed by atoms with E-state index in [2.05, 4.69) is 111 Å². The largest absolute Gasteiger partial charge is 0.378 e. The Kier molecular flexibility index (Phi) is 17.7. The van der Waals surface area contributed by atoms with Crippen molar-refractivity contribution in [3.05, 3.63) is 0 Å². The van der Waals surface area contributed by atoms with Crippen LogP contribution in [0.15, 0.2) is 0 Å². The second-order valence-corrected chi connectivity index (χ2v) is 28.5. The molecule has 20 heteroatoms. The smallest absolute Gasteiger partial charge is 0.320 e. The Morgan fingerprint density at radius 3 is 1.61 bits per heavy atom. The maximum atomic E-state index is 18.0. The van der Waals surface area contributed by atoms with Gasteiger partial charge in [-0.2, -0.15) is 0 Å². The molecule has 2 aliphatic carbocycles. The van der Waals surface area contributed by atoms with Gasteiger partial charge in [0.1, 0.15) is 24.7 Å². The summed E-state index contributed by atoms with van der Waals surface area (Å²) in [5.74, 6) is -1.45. The van der Waals surface area contributed by atoms with Crippen LogP contribution in [0.2, 0.25) is 0 Å². The van der Waals surface area contributed by atoms with Crippen molar-refractivity contribution >= 4 is 12.1 Å². The summed E-state index contributed by atoms with van der Waals surface area (Å²) in [5.41, 5.74) is 0. The lowest BCUT2D eigenvalue weighted by molar-refractivity contribution is -0.128. The van der Waals surface area contributed by atoms with Crippen LogP contribution >= 0.6 is 0 Å². The quantitative estimate of drug-likeness (QED) is 0.157. The zero-order chi connectivity index (χ0) is 55.8. The molecule has 0 radical (unpaired) electrons. The molecule has 0 aromatic heterocycles. The Labute approximate surface area is 475 Å². The number of carbonyl (C=O) groups is 2. The third-order valence-corrected chi connectivity index (χ3v) is 23.0. The standard InChI is InChI=1S/C60H102F4N12O4/c1-30(2)49-53-37(15-17-65-49)11-10-20-80-46-23-36(22-42(62)48(46)52-44(64)25-39-55(71-59(77)75(53)57(39)70-52)73-28-32(4)67-26-34(73)6)21-31(3)50-54-38(16-18-66-50)12-9-19-79-45-14-8-13-41(61)47(45)51-43(63)24-40-56(72-60(78)76(54)58(40)69-51)74-29-33(5)68-27-35(74)7/h30-58,65-70H,8-29H2,1-7H3,(H,71,77)(H,72,78)/t31?,32-,33-,34+,35+,36?,37?,38?,39?,40?,41?,42?,43?,44?,45?,46?,47?,48?,49?,50?,51?,52?,53?,54?,55?,56?,57?,58?/m1/s1. The number of urea groups is 2. The van der Waals surface area contributed by atoms with Crippen molar-refractivity contribution in [2.24, 2.45) is 53.3 Å². The number of piperazine rings is 2. The van der Waals surface area contributed by atoms with E-state index in [1.54, 1.807) is 0 Å². The van der Waals surface area contributed by atoms with Crippen molar-refractivity contribution in [2.75, 3.05) is 52.5 Å². The summed E-state index contributed by atoms with van der Waals surface area (Å²) in [6.45, 7) is 20.9.